The average Bonchev–Trinajstić information content (AvgIpc) is 2.27. The van der Waals surface area contributed by atoms with Gasteiger partial charge in [0.25, 0.3) is 0 Å². The molecule has 1 aromatic rings. The van der Waals surface area contributed by atoms with Gasteiger partial charge in [0, 0.05) is 5.56 Å². The first-order chi connectivity index (χ1) is 8.23. The van der Waals surface area contributed by atoms with Gasteiger partial charge in [0.15, 0.2) is 17.7 Å². The molecule has 0 aliphatic carbocycles. The van der Waals surface area contributed by atoms with E-state index in [2.05, 4.69) is 4.74 Å². The van der Waals surface area contributed by atoms with E-state index in [9.17, 15) is 22.0 Å². The zero-order valence-corrected chi connectivity index (χ0v) is 9.47. The zero-order valence-electron chi connectivity index (χ0n) is 9.47. The van der Waals surface area contributed by atoms with Gasteiger partial charge in [0.05, 0.1) is 12.6 Å². The van der Waals surface area contributed by atoms with Crippen molar-refractivity contribution in [2.24, 2.45) is 5.73 Å². The number of rotatable bonds is 4. The molecule has 2 atom stereocenters. The molecule has 0 radical (unpaired) electrons. The Hall–Kier alpha value is -1.21. The first-order valence-electron chi connectivity index (χ1n) is 5.11. The molecule has 2 N–H and O–H groups in total. The third kappa shape index (κ3) is 3.64. The van der Waals surface area contributed by atoms with Crippen LogP contribution in [-0.4, -0.2) is 18.9 Å². The molecule has 2 nitrogen and oxygen atoms in total. The van der Waals surface area contributed by atoms with Gasteiger partial charge in [-0.1, -0.05) is 12.1 Å². The molecule has 1 aromatic carbocycles. The molecule has 1 rings (SSSR count). The first-order valence-corrected chi connectivity index (χ1v) is 5.11. The van der Waals surface area contributed by atoms with Crippen molar-refractivity contribution in [3.63, 3.8) is 0 Å². The van der Waals surface area contributed by atoms with E-state index in [1.54, 1.807) is 0 Å². The van der Waals surface area contributed by atoms with Gasteiger partial charge < -0.3 is 10.5 Å². The third-order valence-electron chi connectivity index (χ3n) is 2.37. The summed E-state index contributed by atoms with van der Waals surface area (Å²) < 4.78 is 67.1. The molecule has 0 amide bonds. The number of benzene rings is 1. The quantitative estimate of drug-likeness (QED) is 0.853. The molecule has 0 aliphatic rings. The van der Waals surface area contributed by atoms with Crippen LogP contribution in [0.3, 0.4) is 0 Å². The van der Waals surface area contributed by atoms with Crippen molar-refractivity contribution in [2.45, 2.75) is 25.2 Å². The van der Waals surface area contributed by atoms with Gasteiger partial charge in [-0.05, 0) is 13.0 Å². The summed E-state index contributed by atoms with van der Waals surface area (Å²) in [6.45, 7) is 0.260. The Morgan fingerprint density at radius 3 is 2.44 bits per heavy atom. The molecule has 0 fully saturated rings. The van der Waals surface area contributed by atoms with Crippen LogP contribution in [0.4, 0.5) is 22.0 Å². The molecule has 102 valence electrons. The first kappa shape index (κ1) is 14.8. The minimum absolute atomic E-state index is 0.218. The Balaban J connectivity index is 2.66. The fraction of sp³-hybridized carbons (Fsp3) is 0.455. The summed E-state index contributed by atoms with van der Waals surface area (Å²) in [5.74, 6) is -2.28. The average molecular weight is 269 g/mol. The van der Waals surface area contributed by atoms with Crippen molar-refractivity contribution in [1.82, 2.24) is 0 Å². The van der Waals surface area contributed by atoms with E-state index in [1.807, 2.05) is 0 Å². The Labute approximate surface area is 101 Å². The summed E-state index contributed by atoms with van der Waals surface area (Å²) in [6, 6.07) is 2.15. The number of nitrogens with two attached hydrogens (primary N) is 1. The molecule has 0 aromatic heterocycles. The van der Waals surface area contributed by atoms with Gasteiger partial charge in [-0.25, -0.2) is 8.78 Å². The molecule has 0 saturated carbocycles. The number of alkyl halides is 3. The van der Waals surface area contributed by atoms with Gasteiger partial charge in [0.2, 0.25) is 0 Å². The molecule has 0 aliphatic heterocycles. The molecule has 18 heavy (non-hydrogen) atoms. The van der Waals surface area contributed by atoms with Gasteiger partial charge >= 0.3 is 6.18 Å². The van der Waals surface area contributed by atoms with E-state index >= 15 is 0 Å². The second-order valence-corrected chi connectivity index (χ2v) is 3.77. The normalized spacial score (nSPS) is 15.5. The molecule has 0 spiro atoms. The van der Waals surface area contributed by atoms with E-state index in [4.69, 9.17) is 5.73 Å². The summed E-state index contributed by atoms with van der Waals surface area (Å²) in [5, 5.41) is 0. The van der Waals surface area contributed by atoms with E-state index in [-0.39, 0.29) is 5.56 Å². The fourth-order valence-electron chi connectivity index (χ4n) is 1.24. The van der Waals surface area contributed by atoms with Crippen LogP contribution in [-0.2, 0) is 4.74 Å². The van der Waals surface area contributed by atoms with E-state index in [1.165, 1.54) is 12.1 Å². The molecule has 2 unspecified atom stereocenters. The highest BCUT2D eigenvalue weighted by atomic mass is 19.4. The second kappa shape index (κ2) is 5.62. The highest BCUT2D eigenvalue weighted by Crippen LogP contribution is 2.24. The lowest BCUT2D eigenvalue weighted by Crippen LogP contribution is -2.31. The van der Waals surface area contributed by atoms with Gasteiger partial charge in [-0.3, -0.25) is 0 Å². The lowest BCUT2D eigenvalue weighted by atomic mass is 10.1. The summed E-state index contributed by atoms with van der Waals surface area (Å²) in [7, 11) is 0. The predicted molar refractivity (Wildman–Crippen MR) is 54.8 cm³/mol. The van der Waals surface area contributed by atoms with Gasteiger partial charge in [-0.15, -0.1) is 0 Å². The monoisotopic (exact) mass is 269 g/mol. The van der Waals surface area contributed by atoms with Crippen molar-refractivity contribution in [3.8, 4) is 0 Å². The van der Waals surface area contributed by atoms with E-state index in [0.29, 0.717) is 0 Å². The molecule has 0 bridgehead atoms. The summed E-state index contributed by atoms with van der Waals surface area (Å²) in [6.07, 6.45) is -6.53. The number of hydrogen-bond acceptors (Lipinski definition) is 2. The lowest BCUT2D eigenvalue weighted by Gasteiger charge is -2.19. The van der Waals surface area contributed by atoms with Crippen LogP contribution in [0.2, 0.25) is 0 Å². The largest absolute Gasteiger partial charge is 0.414 e. The Bertz CT molecular complexity index is 407. The third-order valence-corrected chi connectivity index (χ3v) is 2.37. The maximum Gasteiger partial charge on any atom is 0.414 e. The van der Waals surface area contributed by atoms with Crippen LogP contribution < -0.4 is 5.73 Å². The van der Waals surface area contributed by atoms with E-state index < -0.39 is 36.6 Å². The highest BCUT2D eigenvalue weighted by molar-refractivity contribution is 5.22. The summed E-state index contributed by atoms with van der Waals surface area (Å²) >= 11 is 0. The molecular weight excluding hydrogens is 257 g/mol. The SMILES string of the molecule is CC(OCC(N)c1cccc(F)c1F)C(F)(F)F. The second-order valence-electron chi connectivity index (χ2n) is 3.77. The van der Waals surface area contributed by atoms with Crippen molar-refractivity contribution in [3.05, 3.63) is 35.4 Å². The minimum atomic E-state index is -4.51. The summed E-state index contributed by atoms with van der Waals surface area (Å²) in [4.78, 5) is 0. The number of hydrogen-bond donors (Lipinski definition) is 1. The topological polar surface area (TPSA) is 35.2 Å². The molecule has 0 saturated heterocycles. The van der Waals surface area contributed by atoms with Crippen LogP contribution in [0.25, 0.3) is 0 Å². The van der Waals surface area contributed by atoms with Crippen molar-refractivity contribution in [2.75, 3.05) is 6.61 Å². The Morgan fingerprint density at radius 1 is 1.28 bits per heavy atom. The number of ether oxygens (including phenoxy) is 1. The van der Waals surface area contributed by atoms with Crippen LogP contribution in [0.15, 0.2) is 18.2 Å². The van der Waals surface area contributed by atoms with Crippen molar-refractivity contribution in [1.29, 1.82) is 0 Å². The van der Waals surface area contributed by atoms with Crippen molar-refractivity contribution < 1.29 is 26.7 Å². The van der Waals surface area contributed by atoms with Gasteiger partial charge in [-0.2, -0.15) is 13.2 Å². The van der Waals surface area contributed by atoms with Crippen LogP contribution in [0, 0.1) is 11.6 Å². The summed E-state index contributed by atoms with van der Waals surface area (Å²) in [5.41, 5.74) is 5.24. The standard InChI is InChI=1S/C11H12F5NO/c1-6(11(14,15)16)18-5-9(17)7-3-2-4-8(12)10(7)13/h2-4,6,9H,5,17H2,1H3. The molecular formula is C11H12F5NO. The Kier molecular flexibility index (Phi) is 4.64. The molecule has 7 heteroatoms. The van der Waals surface area contributed by atoms with Gasteiger partial charge in [0.1, 0.15) is 0 Å². The molecule has 0 heterocycles. The minimum Gasteiger partial charge on any atom is -0.367 e. The fourth-order valence-corrected chi connectivity index (χ4v) is 1.24. The smallest absolute Gasteiger partial charge is 0.367 e. The number of halogens is 5. The van der Waals surface area contributed by atoms with E-state index in [0.717, 1.165) is 13.0 Å². The van der Waals surface area contributed by atoms with Crippen molar-refractivity contribution >= 4 is 0 Å². The van der Waals surface area contributed by atoms with Crippen LogP contribution >= 0.6 is 0 Å². The maximum atomic E-state index is 13.3. The zero-order chi connectivity index (χ0) is 13.9. The van der Waals surface area contributed by atoms with Crippen LogP contribution in [0.1, 0.15) is 18.5 Å². The lowest BCUT2D eigenvalue weighted by molar-refractivity contribution is -0.215. The maximum absolute atomic E-state index is 13.3. The Morgan fingerprint density at radius 2 is 1.89 bits per heavy atom. The van der Waals surface area contributed by atoms with Crippen LogP contribution in [0.5, 0.6) is 0 Å². The highest BCUT2D eigenvalue weighted by Gasteiger charge is 2.37. The predicted octanol–water partition coefficient (Wildman–Crippen LogP) is 2.93.